The predicted octanol–water partition coefficient (Wildman–Crippen LogP) is 5.87. The molecule has 0 bridgehead atoms. The second-order valence-electron chi connectivity index (χ2n) is 8.70. The summed E-state index contributed by atoms with van der Waals surface area (Å²) in [6.07, 6.45) is 13.9. The predicted molar refractivity (Wildman–Crippen MR) is 106 cm³/mol. The molecule has 0 spiro atoms. The SMILES string of the molecule is Cc1cccc(F)c1OCC[N+]1(CC2CCCCC2)CCCCCCC1.[Y]. The molecule has 1 saturated carbocycles. The minimum absolute atomic E-state index is 0. The second kappa shape index (κ2) is 11.9. The molecule has 0 N–H and O–H groups in total. The van der Waals surface area contributed by atoms with Gasteiger partial charge in [-0.3, -0.25) is 0 Å². The van der Waals surface area contributed by atoms with Crippen LogP contribution in [-0.2, 0) is 32.7 Å². The van der Waals surface area contributed by atoms with Crippen molar-refractivity contribution < 1.29 is 46.3 Å². The first-order valence-corrected chi connectivity index (χ1v) is 10.9. The fourth-order valence-electron chi connectivity index (χ4n) is 5.09. The maximum Gasteiger partial charge on any atom is 0.165 e. The van der Waals surface area contributed by atoms with Gasteiger partial charge in [0.1, 0.15) is 13.2 Å². The van der Waals surface area contributed by atoms with Crippen molar-refractivity contribution in [3.63, 3.8) is 0 Å². The van der Waals surface area contributed by atoms with Gasteiger partial charge < -0.3 is 9.22 Å². The molecule has 1 aliphatic carbocycles. The Balaban J connectivity index is 0.00000261. The maximum atomic E-state index is 14.1. The number of halogens is 1. The van der Waals surface area contributed by atoms with Gasteiger partial charge in [0.25, 0.3) is 0 Å². The summed E-state index contributed by atoms with van der Waals surface area (Å²) in [5, 5.41) is 0. The van der Waals surface area contributed by atoms with Crippen LogP contribution in [-0.4, -0.2) is 37.3 Å². The Kier molecular flexibility index (Phi) is 10.3. The smallest absolute Gasteiger partial charge is 0.165 e. The monoisotopic (exact) mass is 451 g/mol. The molecule has 0 unspecified atom stereocenters. The Morgan fingerprint density at radius 2 is 1.59 bits per heavy atom. The summed E-state index contributed by atoms with van der Waals surface area (Å²) in [4.78, 5) is 0. The Labute approximate surface area is 190 Å². The summed E-state index contributed by atoms with van der Waals surface area (Å²) >= 11 is 0. The minimum atomic E-state index is -0.225. The summed E-state index contributed by atoms with van der Waals surface area (Å²) in [7, 11) is 0. The fraction of sp³-hybridized carbons (Fsp3) is 0.739. The van der Waals surface area contributed by atoms with Gasteiger partial charge in [-0.05, 0) is 57.1 Å². The van der Waals surface area contributed by atoms with Crippen molar-refractivity contribution in [2.45, 2.75) is 71.1 Å². The van der Waals surface area contributed by atoms with Crippen LogP contribution >= 0.6 is 0 Å². The number of benzene rings is 1. The largest absolute Gasteiger partial charge is 0.484 e. The third kappa shape index (κ3) is 7.09. The first-order valence-electron chi connectivity index (χ1n) is 10.9. The number of nitrogens with zero attached hydrogens (tertiary/aromatic N) is 1. The summed E-state index contributed by atoms with van der Waals surface area (Å²) in [5.41, 5.74) is 0.900. The van der Waals surface area contributed by atoms with Crippen LogP contribution in [0.15, 0.2) is 18.2 Å². The van der Waals surface area contributed by atoms with E-state index in [0.717, 1.165) is 18.0 Å². The van der Waals surface area contributed by atoms with E-state index in [9.17, 15) is 4.39 Å². The maximum absolute atomic E-state index is 14.1. The molecule has 2 fully saturated rings. The first-order chi connectivity index (χ1) is 12.7. The average Bonchev–Trinajstić information content (AvgIpc) is 2.62. The molecule has 2 aliphatic rings. The summed E-state index contributed by atoms with van der Waals surface area (Å²) in [6.45, 7) is 7.49. The molecule has 2 nitrogen and oxygen atoms in total. The van der Waals surface area contributed by atoms with Crippen molar-refractivity contribution in [3.05, 3.63) is 29.6 Å². The Bertz CT molecular complexity index is 531. The van der Waals surface area contributed by atoms with Crippen LogP contribution in [0.3, 0.4) is 0 Å². The van der Waals surface area contributed by atoms with Crippen LogP contribution < -0.4 is 4.74 Å². The molecule has 1 aromatic carbocycles. The van der Waals surface area contributed by atoms with E-state index in [4.69, 9.17) is 4.74 Å². The average molecular weight is 451 g/mol. The molecule has 1 aliphatic heterocycles. The fourth-order valence-corrected chi connectivity index (χ4v) is 5.09. The van der Waals surface area contributed by atoms with Gasteiger partial charge in [0, 0.05) is 38.6 Å². The van der Waals surface area contributed by atoms with Crippen molar-refractivity contribution in [1.29, 1.82) is 0 Å². The molecular formula is C23H37FNOY+. The Morgan fingerprint density at radius 1 is 0.963 bits per heavy atom. The topological polar surface area (TPSA) is 9.23 Å². The molecule has 27 heavy (non-hydrogen) atoms. The molecule has 149 valence electrons. The van der Waals surface area contributed by atoms with Crippen LogP contribution in [0.1, 0.15) is 69.8 Å². The van der Waals surface area contributed by atoms with Crippen LogP contribution in [0.25, 0.3) is 0 Å². The van der Waals surface area contributed by atoms with Crippen molar-refractivity contribution in [2.75, 3.05) is 32.8 Å². The van der Waals surface area contributed by atoms with E-state index >= 15 is 0 Å². The number of quaternary nitrogens is 1. The quantitative estimate of drug-likeness (QED) is 0.492. The van der Waals surface area contributed by atoms with E-state index in [1.165, 1.54) is 94.4 Å². The Hall–Kier alpha value is 0.0139. The molecule has 1 aromatic rings. The minimum Gasteiger partial charge on any atom is -0.484 e. The third-order valence-electron chi connectivity index (χ3n) is 6.61. The number of aryl methyl sites for hydroxylation is 1. The zero-order valence-corrected chi connectivity index (χ0v) is 20.1. The first kappa shape index (κ1) is 23.3. The van der Waals surface area contributed by atoms with Crippen LogP contribution in [0.4, 0.5) is 4.39 Å². The van der Waals surface area contributed by atoms with Gasteiger partial charge in [0.2, 0.25) is 0 Å². The van der Waals surface area contributed by atoms with E-state index in [-0.39, 0.29) is 38.5 Å². The number of hydrogen-bond acceptors (Lipinski definition) is 1. The molecule has 0 aromatic heterocycles. The summed E-state index contributed by atoms with van der Waals surface area (Å²) in [5.74, 6) is 1.12. The van der Waals surface area contributed by atoms with Gasteiger partial charge in [-0.1, -0.05) is 37.8 Å². The van der Waals surface area contributed by atoms with Gasteiger partial charge in [-0.25, -0.2) is 4.39 Å². The number of hydrogen-bond donors (Lipinski definition) is 0. The third-order valence-corrected chi connectivity index (χ3v) is 6.61. The molecule has 1 heterocycles. The Morgan fingerprint density at radius 3 is 2.26 bits per heavy atom. The second-order valence-corrected chi connectivity index (χ2v) is 8.70. The molecule has 4 heteroatoms. The van der Waals surface area contributed by atoms with Crippen LogP contribution in [0.2, 0.25) is 0 Å². The van der Waals surface area contributed by atoms with E-state index in [1.54, 1.807) is 6.07 Å². The van der Waals surface area contributed by atoms with Crippen molar-refractivity contribution in [2.24, 2.45) is 5.92 Å². The summed E-state index contributed by atoms with van der Waals surface area (Å²) in [6, 6.07) is 5.19. The summed E-state index contributed by atoms with van der Waals surface area (Å²) < 4.78 is 21.2. The normalized spacial score (nSPS) is 21.0. The van der Waals surface area contributed by atoms with Crippen molar-refractivity contribution in [3.8, 4) is 5.75 Å². The zero-order chi connectivity index (χ0) is 18.2. The van der Waals surface area contributed by atoms with Crippen LogP contribution in [0, 0.1) is 18.7 Å². The molecular weight excluding hydrogens is 414 g/mol. The van der Waals surface area contributed by atoms with Crippen molar-refractivity contribution >= 4 is 0 Å². The van der Waals surface area contributed by atoms with Crippen LogP contribution in [0.5, 0.6) is 5.75 Å². The van der Waals surface area contributed by atoms with E-state index in [1.807, 2.05) is 13.0 Å². The van der Waals surface area contributed by atoms with Gasteiger partial charge in [0.05, 0.1) is 19.6 Å². The number of rotatable bonds is 6. The van der Waals surface area contributed by atoms with E-state index in [2.05, 4.69) is 0 Å². The molecule has 3 rings (SSSR count). The number of para-hydroxylation sites is 1. The standard InChI is InChI=1S/C23H37FNO.Y/c1-20-11-10-14-22(24)23(20)26-18-17-25(15-8-3-2-4-9-16-25)19-21-12-6-5-7-13-21;/h10-11,14,21H,2-9,12-13,15-19H2,1H3;/q+1;. The van der Waals surface area contributed by atoms with E-state index < -0.39 is 0 Å². The molecule has 0 amide bonds. The van der Waals surface area contributed by atoms with E-state index in [0.29, 0.717) is 12.4 Å². The number of likely N-dealkylation sites (tertiary alicyclic amines) is 1. The van der Waals surface area contributed by atoms with Gasteiger partial charge in [-0.2, -0.15) is 0 Å². The molecule has 1 radical (unpaired) electrons. The molecule has 0 atom stereocenters. The van der Waals surface area contributed by atoms with Gasteiger partial charge in [0.15, 0.2) is 11.6 Å². The van der Waals surface area contributed by atoms with Gasteiger partial charge >= 0.3 is 0 Å². The van der Waals surface area contributed by atoms with Crippen molar-refractivity contribution in [1.82, 2.24) is 0 Å². The van der Waals surface area contributed by atoms with Gasteiger partial charge in [-0.15, -0.1) is 0 Å². The number of ether oxygens (including phenoxy) is 1. The molecule has 1 saturated heterocycles. The zero-order valence-electron chi connectivity index (χ0n) is 17.2.